The Morgan fingerprint density at radius 3 is 1.96 bits per heavy atom. The van der Waals surface area contributed by atoms with Gasteiger partial charge in [0.2, 0.25) is 0 Å². The van der Waals surface area contributed by atoms with Crippen molar-refractivity contribution in [1.29, 1.82) is 0 Å². The molecule has 1 atom stereocenters. The lowest BCUT2D eigenvalue weighted by atomic mass is 10.0. The third-order valence-electron chi connectivity index (χ3n) is 7.63. The molecule has 234 valence electrons. The topological polar surface area (TPSA) is 71.5 Å². The first kappa shape index (κ1) is 32.0. The SMILES string of the molecule is COC(=O)[C@H](CN(C)c1ccnc(Cc2ccc(-c3ccccc3)cc2)c1)NC(=O)c1ccc(-c2ccc(C(F)(F)F)cc2)cc1. The molecule has 0 unspecified atom stereocenters. The number of methoxy groups -OCH3 is 1. The van der Waals surface area contributed by atoms with E-state index in [9.17, 15) is 22.8 Å². The van der Waals surface area contributed by atoms with Crippen LogP contribution in [0.2, 0.25) is 0 Å². The zero-order valence-electron chi connectivity index (χ0n) is 25.3. The van der Waals surface area contributed by atoms with Crippen LogP contribution in [0.1, 0.15) is 27.2 Å². The maximum Gasteiger partial charge on any atom is 0.416 e. The molecule has 0 aliphatic rings. The number of hydrogen-bond donors (Lipinski definition) is 1. The van der Waals surface area contributed by atoms with Gasteiger partial charge in [0, 0.05) is 43.2 Å². The molecule has 6 nitrogen and oxygen atoms in total. The number of amides is 1. The van der Waals surface area contributed by atoms with Crippen molar-refractivity contribution in [3.05, 3.63) is 144 Å². The van der Waals surface area contributed by atoms with Crippen LogP contribution in [0.25, 0.3) is 22.3 Å². The largest absolute Gasteiger partial charge is 0.467 e. The Morgan fingerprint density at radius 2 is 1.37 bits per heavy atom. The Labute approximate surface area is 265 Å². The maximum atomic E-state index is 13.1. The summed E-state index contributed by atoms with van der Waals surface area (Å²) < 4.78 is 43.7. The Balaban J connectivity index is 1.22. The standard InChI is InChI=1S/C37H32F3N3O3/c1-43(33-20-21-41-32(23-33)22-25-8-10-27(11-9-25)26-6-4-3-5-7-26)24-34(36(45)46-2)42-35(44)30-14-12-28(13-15-30)29-16-18-31(19-17-29)37(38,39)40/h3-21,23,34H,22,24H2,1-2H3,(H,42,44)/t34-/m0/s1. The van der Waals surface area contributed by atoms with Crippen LogP contribution in [0.3, 0.4) is 0 Å². The molecule has 46 heavy (non-hydrogen) atoms. The number of carbonyl (C=O) groups is 2. The Bertz CT molecular complexity index is 1770. The smallest absolute Gasteiger partial charge is 0.416 e. The minimum absolute atomic E-state index is 0.136. The molecule has 0 bridgehead atoms. The Kier molecular flexibility index (Phi) is 9.81. The summed E-state index contributed by atoms with van der Waals surface area (Å²) in [6.45, 7) is 0.136. The number of carbonyl (C=O) groups excluding carboxylic acids is 2. The van der Waals surface area contributed by atoms with E-state index in [-0.39, 0.29) is 12.1 Å². The number of hydrogen-bond acceptors (Lipinski definition) is 5. The zero-order chi connectivity index (χ0) is 32.7. The van der Waals surface area contributed by atoms with Gasteiger partial charge in [-0.2, -0.15) is 13.2 Å². The van der Waals surface area contributed by atoms with Crippen molar-refractivity contribution in [3.8, 4) is 22.3 Å². The summed E-state index contributed by atoms with van der Waals surface area (Å²) in [6, 6.07) is 32.5. The van der Waals surface area contributed by atoms with Gasteiger partial charge in [0.1, 0.15) is 6.04 Å². The molecule has 0 saturated heterocycles. The lowest BCUT2D eigenvalue weighted by Gasteiger charge is -2.25. The van der Waals surface area contributed by atoms with Crippen LogP contribution in [-0.4, -0.2) is 43.6 Å². The molecule has 0 spiro atoms. The van der Waals surface area contributed by atoms with Crippen molar-refractivity contribution in [2.24, 2.45) is 0 Å². The minimum Gasteiger partial charge on any atom is -0.467 e. The molecule has 5 rings (SSSR count). The van der Waals surface area contributed by atoms with E-state index in [2.05, 4.69) is 46.7 Å². The molecule has 1 amide bonds. The molecule has 1 N–H and O–H groups in total. The van der Waals surface area contributed by atoms with E-state index < -0.39 is 29.7 Å². The molecule has 0 fully saturated rings. The second-order valence-corrected chi connectivity index (χ2v) is 10.8. The fourth-order valence-corrected chi connectivity index (χ4v) is 5.06. The minimum atomic E-state index is -4.42. The summed E-state index contributed by atoms with van der Waals surface area (Å²) in [5.74, 6) is -1.09. The van der Waals surface area contributed by atoms with Crippen molar-refractivity contribution in [2.75, 3.05) is 25.6 Å². The van der Waals surface area contributed by atoms with Crippen LogP contribution in [0.15, 0.2) is 121 Å². The highest BCUT2D eigenvalue weighted by Gasteiger charge is 2.30. The number of ether oxygens (including phenoxy) is 1. The second kappa shape index (κ2) is 14.1. The van der Waals surface area contributed by atoms with E-state index in [1.807, 2.05) is 42.3 Å². The average Bonchev–Trinajstić information content (AvgIpc) is 3.08. The average molecular weight is 624 g/mol. The summed E-state index contributed by atoms with van der Waals surface area (Å²) >= 11 is 0. The van der Waals surface area contributed by atoms with Crippen LogP contribution in [-0.2, 0) is 22.1 Å². The number of halogens is 3. The number of esters is 1. The molecule has 9 heteroatoms. The van der Waals surface area contributed by atoms with Gasteiger partial charge in [-0.25, -0.2) is 4.79 Å². The van der Waals surface area contributed by atoms with Gasteiger partial charge in [-0.15, -0.1) is 0 Å². The second-order valence-electron chi connectivity index (χ2n) is 10.8. The number of benzene rings is 4. The van der Waals surface area contributed by atoms with Crippen LogP contribution in [0.5, 0.6) is 0 Å². The van der Waals surface area contributed by atoms with Crippen LogP contribution >= 0.6 is 0 Å². The molecule has 0 saturated carbocycles. The van der Waals surface area contributed by atoms with Gasteiger partial charge in [0.15, 0.2) is 0 Å². The first-order valence-corrected chi connectivity index (χ1v) is 14.6. The van der Waals surface area contributed by atoms with Crippen LogP contribution < -0.4 is 10.2 Å². The van der Waals surface area contributed by atoms with E-state index in [4.69, 9.17) is 4.74 Å². The van der Waals surface area contributed by atoms with Crippen LogP contribution in [0.4, 0.5) is 18.9 Å². The van der Waals surface area contributed by atoms with Crippen molar-refractivity contribution in [3.63, 3.8) is 0 Å². The number of nitrogens with one attached hydrogen (secondary N) is 1. The van der Waals surface area contributed by atoms with Gasteiger partial charge in [-0.05, 0) is 64.2 Å². The third kappa shape index (κ3) is 7.98. The van der Waals surface area contributed by atoms with Gasteiger partial charge in [0.05, 0.1) is 12.7 Å². The molecule has 0 aliphatic heterocycles. The maximum absolute atomic E-state index is 13.1. The fourth-order valence-electron chi connectivity index (χ4n) is 5.06. The van der Waals surface area contributed by atoms with E-state index >= 15 is 0 Å². The summed E-state index contributed by atoms with van der Waals surface area (Å²) in [4.78, 5) is 32.1. The van der Waals surface area contributed by atoms with E-state index in [1.165, 1.54) is 19.2 Å². The van der Waals surface area contributed by atoms with Gasteiger partial charge in [-0.3, -0.25) is 9.78 Å². The summed E-state index contributed by atoms with van der Waals surface area (Å²) in [5.41, 5.74) is 5.84. The number of aromatic nitrogens is 1. The first-order chi connectivity index (χ1) is 22.1. The van der Waals surface area contributed by atoms with Crippen molar-refractivity contribution >= 4 is 17.6 Å². The van der Waals surface area contributed by atoms with Gasteiger partial charge in [-0.1, -0.05) is 78.9 Å². The molecule has 1 aromatic heterocycles. The van der Waals surface area contributed by atoms with Crippen molar-refractivity contribution < 1.29 is 27.5 Å². The normalized spacial score (nSPS) is 11.8. The van der Waals surface area contributed by atoms with E-state index in [1.54, 1.807) is 30.5 Å². The summed E-state index contributed by atoms with van der Waals surface area (Å²) in [5, 5.41) is 2.75. The molecular weight excluding hydrogens is 591 g/mol. The Hall–Kier alpha value is -5.44. The number of anilines is 1. The monoisotopic (exact) mass is 623 g/mol. The number of rotatable bonds is 10. The number of likely N-dealkylation sites (N-methyl/N-ethyl adjacent to an activating group) is 1. The highest BCUT2D eigenvalue weighted by Crippen LogP contribution is 2.31. The molecule has 0 radical (unpaired) electrons. The van der Waals surface area contributed by atoms with Gasteiger partial charge < -0.3 is 15.0 Å². The van der Waals surface area contributed by atoms with E-state index in [0.29, 0.717) is 17.5 Å². The van der Waals surface area contributed by atoms with Crippen molar-refractivity contribution in [2.45, 2.75) is 18.6 Å². The van der Waals surface area contributed by atoms with Gasteiger partial charge in [0.25, 0.3) is 5.91 Å². The van der Waals surface area contributed by atoms with Crippen LogP contribution in [0, 0.1) is 0 Å². The number of pyridine rings is 1. The quantitative estimate of drug-likeness (QED) is 0.164. The Morgan fingerprint density at radius 1 is 0.804 bits per heavy atom. The lowest BCUT2D eigenvalue weighted by molar-refractivity contribution is -0.142. The first-order valence-electron chi connectivity index (χ1n) is 14.6. The molecule has 5 aromatic rings. The highest BCUT2D eigenvalue weighted by atomic mass is 19.4. The molecule has 1 heterocycles. The highest BCUT2D eigenvalue weighted by molar-refractivity contribution is 5.97. The number of alkyl halides is 3. The molecular formula is C37H32F3N3O3. The number of nitrogens with zero attached hydrogens (tertiary/aromatic N) is 2. The summed E-state index contributed by atoms with van der Waals surface area (Å²) in [6.07, 6.45) is -2.08. The molecule has 4 aromatic carbocycles. The predicted octanol–water partition coefficient (Wildman–Crippen LogP) is 7.43. The van der Waals surface area contributed by atoms with Crippen molar-refractivity contribution in [1.82, 2.24) is 10.3 Å². The van der Waals surface area contributed by atoms with Gasteiger partial charge >= 0.3 is 12.1 Å². The van der Waals surface area contributed by atoms with E-state index in [0.717, 1.165) is 40.2 Å². The fraction of sp³-hybridized carbons (Fsp3) is 0.162. The molecule has 0 aliphatic carbocycles. The predicted molar refractivity (Wildman–Crippen MR) is 172 cm³/mol. The zero-order valence-corrected chi connectivity index (χ0v) is 25.3. The lowest BCUT2D eigenvalue weighted by Crippen LogP contribution is -2.48. The third-order valence-corrected chi connectivity index (χ3v) is 7.63. The summed E-state index contributed by atoms with van der Waals surface area (Å²) in [7, 11) is 3.07.